The number of aromatic nitrogens is 3. The molecular weight excluding hydrogens is 310 g/mol. The summed E-state index contributed by atoms with van der Waals surface area (Å²) in [4.78, 5) is 14.1. The number of para-hydroxylation sites is 2. The van der Waals surface area contributed by atoms with Crippen molar-refractivity contribution in [3.05, 3.63) is 60.2 Å². The molecule has 5 nitrogen and oxygen atoms in total. The number of nitrogens with zero attached hydrogens (tertiary/aromatic N) is 5. The Morgan fingerprint density at radius 2 is 1.68 bits per heavy atom. The van der Waals surface area contributed by atoms with Gasteiger partial charge in [0.15, 0.2) is 0 Å². The third-order valence-electron chi connectivity index (χ3n) is 5.01. The molecule has 3 heterocycles. The second kappa shape index (κ2) is 7.33. The van der Waals surface area contributed by atoms with E-state index in [0.29, 0.717) is 0 Å². The van der Waals surface area contributed by atoms with Crippen molar-refractivity contribution in [2.24, 2.45) is 0 Å². The minimum atomic E-state index is 0.934. The summed E-state index contributed by atoms with van der Waals surface area (Å²) in [5.41, 5.74) is 3.65. The van der Waals surface area contributed by atoms with E-state index < -0.39 is 0 Å². The number of pyridine rings is 1. The molecule has 4 rings (SSSR count). The summed E-state index contributed by atoms with van der Waals surface area (Å²) >= 11 is 0. The topological polar surface area (TPSA) is 37.2 Å². The van der Waals surface area contributed by atoms with Gasteiger partial charge < -0.3 is 4.57 Å². The Bertz CT molecular complexity index is 818. The van der Waals surface area contributed by atoms with Gasteiger partial charge in [-0.05, 0) is 30.7 Å². The van der Waals surface area contributed by atoms with Crippen LogP contribution in [0.5, 0.6) is 0 Å². The predicted octanol–water partition coefficient (Wildman–Crippen LogP) is 2.77. The first-order chi connectivity index (χ1) is 12.3. The Balaban J connectivity index is 1.39. The average molecular weight is 335 g/mol. The van der Waals surface area contributed by atoms with Crippen molar-refractivity contribution in [3.63, 3.8) is 0 Å². The lowest BCUT2D eigenvalue weighted by molar-refractivity contribution is 0.119. The molecule has 0 radical (unpaired) electrons. The number of fused-ring (bicyclic) bond motifs is 1. The maximum absolute atomic E-state index is 4.86. The minimum Gasteiger partial charge on any atom is -0.327 e. The van der Waals surface area contributed by atoms with Crippen LogP contribution in [0.3, 0.4) is 0 Å². The van der Waals surface area contributed by atoms with Crippen molar-refractivity contribution in [2.75, 3.05) is 26.2 Å². The molecule has 0 N–H and O–H groups in total. The van der Waals surface area contributed by atoms with Crippen LogP contribution in [0.1, 0.15) is 18.3 Å². The zero-order valence-electron chi connectivity index (χ0n) is 14.8. The molecule has 1 aliphatic rings. The molecule has 25 heavy (non-hydrogen) atoms. The lowest BCUT2D eigenvalue weighted by Crippen LogP contribution is -2.45. The van der Waals surface area contributed by atoms with Crippen molar-refractivity contribution in [1.82, 2.24) is 24.3 Å². The Morgan fingerprint density at radius 3 is 2.40 bits per heavy atom. The molecule has 0 spiro atoms. The van der Waals surface area contributed by atoms with Crippen LogP contribution in [0, 0.1) is 0 Å². The minimum absolute atomic E-state index is 0.934. The van der Waals surface area contributed by atoms with Gasteiger partial charge in [0, 0.05) is 51.7 Å². The Labute approximate surface area is 148 Å². The number of piperazine rings is 1. The highest BCUT2D eigenvalue weighted by molar-refractivity contribution is 5.75. The third kappa shape index (κ3) is 3.57. The summed E-state index contributed by atoms with van der Waals surface area (Å²) in [7, 11) is 0. The third-order valence-corrected chi connectivity index (χ3v) is 5.01. The highest BCUT2D eigenvalue weighted by Gasteiger charge is 2.19. The molecule has 0 saturated carbocycles. The van der Waals surface area contributed by atoms with Crippen molar-refractivity contribution in [2.45, 2.75) is 26.6 Å². The van der Waals surface area contributed by atoms with E-state index in [1.165, 1.54) is 16.9 Å². The fourth-order valence-electron chi connectivity index (χ4n) is 3.65. The molecule has 0 bridgehead atoms. The lowest BCUT2D eigenvalue weighted by atomic mass is 10.2. The molecule has 0 unspecified atom stereocenters. The van der Waals surface area contributed by atoms with Gasteiger partial charge in [-0.15, -0.1) is 0 Å². The van der Waals surface area contributed by atoms with Crippen LogP contribution in [-0.4, -0.2) is 50.5 Å². The second-order valence-electron chi connectivity index (χ2n) is 6.67. The summed E-state index contributed by atoms with van der Waals surface area (Å²) in [5, 5.41) is 0. The van der Waals surface area contributed by atoms with Gasteiger partial charge in [-0.25, -0.2) is 4.98 Å². The zero-order valence-corrected chi connectivity index (χ0v) is 14.8. The fourth-order valence-corrected chi connectivity index (χ4v) is 3.65. The first kappa shape index (κ1) is 16.2. The molecule has 0 aliphatic carbocycles. The molecule has 0 amide bonds. The number of rotatable bonds is 5. The standard InChI is InChI=1S/C20H25N5/c1-2-25-19-8-4-3-7-18(19)22-20(25)16-24-12-10-23(11-13-24)15-17-6-5-9-21-14-17/h3-9,14H,2,10-13,15-16H2,1H3. The van der Waals surface area contributed by atoms with E-state index in [0.717, 1.165) is 51.3 Å². The number of imidazole rings is 1. The van der Waals surface area contributed by atoms with Gasteiger partial charge in [-0.1, -0.05) is 18.2 Å². The van der Waals surface area contributed by atoms with Crippen LogP contribution in [0.4, 0.5) is 0 Å². The van der Waals surface area contributed by atoms with E-state index in [2.05, 4.69) is 56.6 Å². The molecule has 0 atom stereocenters. The maximum Gasteiger partial charge on any atom is 0.124 e. The van der Waals surface area contributed by atoms with Crippen LogP contribution >= 0.6 is 0 Å². The summed E-state index contributed by atoms with van der Waals surface area (Å²) in [6.45, 7) is 9.47. The average Bonchev–Trinajstić information content (AvgIpc) is 3.01. The van der Waals surface area contributed by atoms with E-state index in [4.69, 9.17) is 4.98 Å². The Hall–Kier alpha value is -2.24. The highest BCUT2D eigenvalue weighted by atomic mass is 15.3. The van der Waals surface area contributed by atoms with Crippen LogP contribution in [0.15, 0.2) is 48.8 Å². The monoisotopic (exact) mass is 335 g/mol. The molecule has 5 heteroatoms. The van der Waals surface area contributed by atoms with E-state index in [1.807, 2.05) is 18.5 Å². The number of aryl methyl sites for hydroxylation is 1. The van der Waals surface area contributed by atoms with Crippen molar-refractivity contribution in [3.8, 4) is 0 Å². The summed E-state index contributed by atoms with van der Waals surface area (Å²) in [6.07, 6.45) is 3.80. The Kier molecular flexibility index (Phi) is 4.76. The largest absolute Gasteiger partial charge is 0.327 e. The molecule has 2 aromatic heterocycles. The number of hydrogen-bond donors (Lipinski definition) is 0. The highest BCUT2D eigenvalue weighted by Crippen LogP contribution is 2.18. The van der Waals surface area contributed by atoms with Gasteiger partial charge in [0.05, 0.1) is 17.6 Å². The summed E-state index contributed by atoms with van der Waals surface area (Å²) < 4.78 is 2.34. The maximum atomic E-state index is 4.86. The molecule has 1 fully saturated rings. The van der Waals surface area contributed by atoms with Crippen LogP contribution in [-0.2, 0) is 19.6 Å². The van der Waals surface area contributed by atoms with Crippen LogP contribution in [0.2, 0.25) is 0 Å². The normalized spacial score (nSPS) is 16.5. The van der Waals surface area contributed by atoms with E-state index in [-0.39, 0.29) is 0 Å². The first-order valence-corrected chi connectivity index (χ1v) is 9.11. The SMILES string of the molecule is CCn1c(CN2CCN(Cc3cccnc3)CC2)nc2ccccc21. The summed E-state index contributed by atoms with van der Waals surface area (Å²) in [5.74, 6) is 1.18. The van der Waals surface area contributed by atoms with Crippen molar-refractivity contribution in [1.29, 1.82) is 0 Å². The quantitative estimate of drug-likeness (QED) is 0.718. The van der Waals surface area contributed by atoms with Crippen LogP contribution < -0.4 is 0 Å². The first-order valence-electron chi connectivity index (χ1n) is 9.11. The zero-order chi connectivity index (χ0) is 17.1. The molecular formula is C20H25N5. The van der Waals surface area contributed by atoms with Gasteiger partial charge in [-0.2, -0.15) is 0 Å². The fraction of sp³-hybridized carbons (Fsp3) is 0.400. The van der Waals surface area contributed by atoms with E-state index >= 15 is 0 Å². The molecule has 1 saturated heterocycles. The summed E-state index contributed by atoms with van der Waals surface area (Å²) in [6, 6.07) is 12.6. The van der Waals surface area contributed by atoms with Gasteiger partial charge in [-0.3, -0.25) is 14.8 Å². The van der Waals surface area contributed by atoms with Gasteiger partial charge in [0.2, 0.25) is 0 Å². The van der Waals surface area contributed by atoms with E-state index in [9.17, 15) is 0 Å². The number of hydrogen-bond acceptors (Lipinski definition) is 4. The molecule has 1 aromatic carbocycles. The smallest absolute Gasteiger partial charge is 0.124 e. The van der Waals surface area contributed by atoms with E-state index in [1.54, 1.807) is 0 Å². The molecule has 130 valence electrons. The number of benzene rings is 1. The van der Waals surface area contributed by atoms with Gasteiger partial charge in [0.25, 0.3) is 0 Å². The molecule has 3 aromatic rings. The predicted molar refractivity (Wildman–Crippen MR) is 100 cm³/mol. The van der Waals surface area contributed by atoms with Crippen LogP contribution in [0.25, 0.3) is 11.0 Å². The van der Waals surface area contributed by atoms with Gasteiger partial charge in [0.1, 0.15) is 5.82 Å². The lowest BCUT2D eigenvalue weighted by Gasteiger charge is -2.34. The second-order valence-corrected chi connectivity index (χ2v) is 6.67. The van der Waals surface area contributed by atoms with Crippen molar-refractivity contribution >= 4 is 11.0 Å². The Morgan fingerprint density at radius 1 is 0.920 bits per heavy atom. The molecule has 1 aliphatic heterocycles. The van der Waals surface area contributed by atoms with Gasteiger partial charge >= 0.3 is 0 Å². The van der Waals surface area contributed by atoms with Crippen molar-refractivity contribution < 1.29 is 0 Å².